The van der Waals surface area contributed by atoms with Gasteiger partial charge in [-0.05, 0) is 56.7 Å². The minimum atomic E-state index is -0.313. The summed E-state index contributed by atoms with van der Waals surface area (Å²) in [5, 5.41) is 0. The summed E-state index contributed by atoms with van der Waals surface area (Å²) in [4.78, 5) is 4.54. The van der Waals surface area contributed by atoms with E-state index in [0.717, 1.165) is 20.6 Å². The molecule has 0 radical (unpaired) electrons. The van der Waals surface area contributed by atoms with E-state index in [1.165, 1.54) is 6.07 Å². The molecule has 6 heteroatoms. The summed E-state index contributed by atoms with van der Waals surface area (Å²) in [5.74, 6) is 0.991. The highest BCUT2D eigenvalue weighted by Crippen LogP contribution is 2.29. The van der Waals surface area contributed by atoms with Crippen LogP contribution in [0.15, 0.2) is 40.9 Å². The van der Waals surface area contributed by atoms with Crippen LogP contribution in [0.1, 0.15) is 5.82 Å². The molecule has 0 spiro atoms. The van der Waals surface area contributed by atoms with E-state index in [1.54, 1.807) is 6.07 Å². The molecule has 1 aromatic heterocycles. The van der Waals surface area contributed by atoms with Crippen molar-refractivity contribution in [3.8, 4) is 5.69 Å². The van der Waals surface area contributed by atoms with Crippen molar-refractivity contribution in [2.75, 3.05) is 5.88 Å². The van der Waals surface area contributed by atoms with E-state index in [2.05, 4.69) is 43.5 Å². The minimum Gasteiger partial charge on any atom is -0.295 e. The molecule has 108 valence electrons. The number of imidazole rings is 1. The standard InChI is InChI=1S/C15H10BrClFIN2/c16-9-7-14-12(8-10(9)18)20-15(5-6-17)21(14)13-4-2-1-3-11(13)19/h1-4,7-8H,5-6H2. The van der Waals surface area contributed by atoms with Gasteiger partial charge in [-0.15, -0.1) is 11.6 Å². The third-order valence-corrected chi connectivity index (χ3v) is 4.89. The first-order chi connectivity index (χ1) is 10.1. The predicted octanol–water partition coefficient (Wildman–Crippen LogP) is 5.31. The maximum Gasteiger partial charge on any atom is 0.139 e. The van der Waals surface area contributed by atoms with Crippen molar-refractivity contribution in [2.45, 2.75) is 6.42 Å². The monoisotopic (exact) mass is 478 g/mol. The lowest BCUT2D eigenvalue weighted by Gasteiger charge is -2.11. The summed E-state index contributed by atoms with van der Waals surface area (Å²) in [7, 11) is 0. The van der Waals surface area contributed by atoms with Crippen molar-refractivity contribution in [3.63, 3.8) is 0 Å². The molecule has 0 atom stereocenters. The van der Waals surface area contributed by atoms with Crippen molar-refractivity contribution in [2.24, 2.45) is 0 Å². The fourth-order valence-electron chi connectivity index (χ4n) is 2.28. The zero-order valence-electron chi connectivity index (χ0n) is 10.8. The van der Waals surface area contributed by atoms with Crippen molar-refractivity contribution in [1.82, 2.24) is 9.55 Å². The third-order valence-electron chi connectivity index (χ3n) is 3.18. The van der Waals surface area contributed by atoms with E-state index < -0.39 is 0 Å². The summed E-state index contributed by atoms with van der Waals surface area (Å²) < 4.78 is 17.3. The van der Waals surface area contributed by atoms with Crippen LogP contribution in [0, 0.1) is 9.39 Å². The second-order valence-electron chi connectivity index (χ2n) is 4.51. The van der Waals surface area contributed by atoms with Crippen molar-refractivity contribution >= 4 is 61.2 Å². The number of para-hydroxylation sites is 1. The highest BCUT2D eigenvalue weighted by molar-refractivity contribution is 14.1. The van der Waals surface area contributed by atoms with Crippen LogP contribution in [-0.2, 0) is 6.42 Å². The fourth-order valence-corrected chi connectivity index (χ4v) is 3.41. The third kappa shape index (κ3) is 2.83. The van der Waals surface area contributed by atoms with E-state index >= 15 is 0 Å². The molecule has 0 bridgehead atoms. The molecular weight excluding hydrogens is 469 g/mol. The van der Waals surface area contributed by atoms with Crippen molar-refractivity contribution < 1.29 is 4.39 Å². The molecule has 3 aromatic rings. The SMILES string of the molecule is Fc1cc2nc(CCCl)n(-c3ccccc3I)c2cc1Br. The second-order valence-corrected chi connectivity index (χ2v) is 6.90. The number of aryl methyl sites for hydroxylation is 1. The van der Waals surface area contributed by atoms with E-state index in [4.69, 9.17) is 11.6 Å². The highest BCUT2D eigenvalue weighted by Gasteiger charge is 2.16. The molecule has 1 heterocycles. The van der Waals surface area contributed by atoms with Crippen LogP contribution >= 0.6 is 50.1 Å². The largest absolute Gasteiger partial charge is 0.295 e. The van der Waals surface area contributed by atoms with Gasteiger partial charge in [0.1, 0.15) is 11.6 Å². The summed E-state index contributed by atoms with van der Waals surface area (Å²) in [6.45, 7) is 0. The summed E-state index contributed by atoms with van der Waals surface area (Å²) in [5.41, 5.74) is 2.53. The number of nitrogens with zero attached hydrogens (tertiary/aromatic N) is 2. The number of halogens is 4. The van der Waals surface area contributed by atoms with Gasteiger partial charge in [0, 0.05) is 21.9 Å². The minimum absolute atomic E-state index is 0.313. The van der Waals surface area contributed by atoms with E-state index in [-0.39, 0.29) is 5.82 Å². The van der Waals surface area contributed by atoms with Crippen LogP contribution < -0.4 is 0 Å². The Morgan fingerprint density at radius 3 is 2.76 bits per heavy atom. The Balaban J connectivity index is 2.35. The maximum absolute atomic E-state index is 13.7. The molecule has 0 fully saturated rings. The van der Waals surface area contributed by atoms with E-state index in [9.17, 15) is 4.39 Å². The van der Waals surface area contributed by atoms with Gasteiger partial charge in [0.2, 0.25) is 0 Å². The van der Waals surface area contributed by atoms with Gasteiger partial charge in [-0.1, -0.05) is 12.1 Å². The molecule has 21 heavy (non-hydrogen) atoms. The number of fused-ring (bicyclic) bond motifs is 1. The summed E-state index contributed by atoms with van der Waals surface area (Å²) in [6, 6.07) is 11.2. The Morgan fingerprint density at radius 1 is 1.29 bits per heavy atom. The van der Waals surface area contributed by atoms with Gasteiger partial charge in [-0.2, -0.15) is 0 Å². The first kappa shape index (κ1) is 15.2. The molecule has 2 aromatic carbocycles. The van der Waals surface area contributed by atoms with Crippen LogP contribution in [0.3, 0.4) is 0 Å². The Bertz CT molecular complexity index is 819. The average molecular weight is 480 g/mol. The van der Waals surface area contributed by atoms with Gasteiger partial charge >= 0.3 is 0 Å². The zero-order valence-corrected chi connectivity index (χ0v) is 15.3. The Labute approximate surface area is 148 Å². The van der Waals surface area contributed by atoms with Crippen LogP contribution in [-0.4, -0.2) is 15.4 Å². The smallest absolute Gasteiger partial charge is 0.139 e. The van der Waals surface area contributed by atoms with Gasteiger partial charge in [0.15, 0.2) is 0 Å². The molecule has 3 rings (SSSR count). The molecule has 0 aliphatic carbocycles. The summed E-state index contributed by atoms with van der Waals surface area (Å²) >= 11 is 11.4. The quantitative estimate of drug-likeness (QED) is 0.368. The molecule has 2 nitrogen and oxygen atoms in total. The lowest BCUT2D eigenvalue weighted by Crippen LogP contribution is -2.03. The second kappa shape index (κ2) is 6.22. The molecular formula is C15H10BrClFIN2. The first-order valence-electron chi connectivity index (χ1n) is 6.29. The maximum atomic E-state index is 13.7. The van der Waals surface area contributed by atoms with E-state index in [1.807, 2.05) is 28.8 Å². The number of hydrogen-bond donors (Lipinski definition) is 0. The number of hydrogen-bond acceptors (Lipinski definition) is 1. The molecule has 0 amide bonds. The first-order valence-corrected chi connectivity index (χ1v) is 8.69. The van der Waals surface area contributed by atoms with Crippen molar-refractivity contribution in [1.29, 1.82) is 0 Å². The molecule has 0 saturated heterocycles. The zero-order chi connectivity index (χ0) is 15.0. The van der Waals surface area contributed by atoms with Gasteiger partial charge < -0.3 is 0 Å². The number of alkyl halides is 1. The lowest BCUT2D eigenvalue weighted by atomic mass is 10.2. The molecule has 0 saturated carbocycles. The topological polar surface area (TPSA) is 17.8 Å². The lowest BCUT2D eigenvalue weighted by molar-refractivity contribution is 0.623. The number of aromatic nitrogens is 2. The molecule has 0 aliphatic heterocycles. The van der Waals surface area contributed by atoms with Gasteiger partial charge in [-0.25, -0.2) is 9.37 Å². The van der Waals surface area contributed by atoms with Crippen LogP contribution in [0.4, 0.5) is 4.39 Å². The highest BCUT2D eigenvalue weighted by atomic mass is 127. The Kier molecular flexibility index (Phi) is 4.51. The van der Waals surface area contributed by atoms with Gasteiger partial charge in [0.05, 0.1) is 21.2 Å². The Hall–Kier alpha value is -0.660. The van der Waals surface area contributed by atoms with Crippen molar-refractivity contribution in [3.05, 3.63) is 56.1 Å². The van der Waals surface area contributed by atoms with E-state index in [0.29, 0.717) is 22.3 Å². The normalized spacial score (nSPS) is 11.2. The van der Waals surface area contributed by atoms with Crippen LogP contribution in [0.2, 0.25) is 0 Å². The summed E-state index contributed by atoms with van der Waals surface area (Å²) in [6.07, 6.45) is 0.625. The predicted molar refractivity (Wildman–Crippen MR) is 95.9 cm³/mol. The number of benzene rings is 2. The molecule has 0 unspecified atom stereocenters. The Morgan fingerprint density at radius 2 is 2.05 bits per heavy atom. The van der Waals surface area contributed by atoms with Crippen LogP contribution in [0.5, 0.6) is 0 Å². The molecule has 0 aliphatic rings. The van der Waals surface area contributed by atoms with Gasteiger partial charge in [0.25, 0.3) is 0 Å². The van der Waals surface area contributed by atoms with Crippen LogP contribution in [0.25, 0.3) is 16.7 Å². The molecule has 0 N–H and O–H groups in total. The van der Waals surface area contributed by atoms with Gasteiger partial charge in [-0.3, -0.25) is 4.57 Å². The average Bonchev–Trinajstić information content (AvgIpc) is 2.78. The number of rotatable bonds is 3. The fraction of sp³-hybridized carbons (Fsp3) is 0.133.